The Morgan fingerprint density at radius 1 is 1.37 bits per heavy atom. The second-order valence-corrected chi connectivity index (χ2v) is 5.24. The quantitative estimate of drug-likeness (QED) is 0.587. The highest BCUT2D eigenvalue weighted by Crippen LogP contribution is 2.17. The van der Waals surface area contributed by atoms with Gasteiger partial charge in [0.25, 0.3) is 5.91 Å². The van der Waals surface area contributed by atoms with Crippen LogP contribution in [0, 0.1) is 0 Å². The number of nitrogens with zero attached hydrogens (tertiary/aromatic N) is 1. The van der Waals surface area contributed by atoms with Gasteiger partial charge in [-0.15, -0.1) is 0 Å². The van der Waals surface area contributed by atoms with Crippen LogP contribution in [0.15, 0.2) is 24.3 Å². The van der Waals surface area contributed by atoms with Gasteiger partial charge in [-0.2, -0.15) is 0 Å². The molecule has 106 valence electrons. The van der Waals surface area contributed by atoms with Gasteiger partial charge in [0.05, 0.1) is 12.2 Å². The van der Waals surface area contributed by atoms with Crippen molar-refractivity contribution in [2.75, 3.05) is 39.1 Å². The molecule has 0 bridgehead atoms. The molecule has 1 rings (SSSR count). The van der Waals surface area contributed by atoms with E-state index in [0.717, 1.165) is 18.3 Å². The van der Waals surface area contributed by atoms with Crippen molar-refractivity contribution in [3.8, 4) is 5.75 Å². The molecule has 0 aliphatic heterocycles. The number of carbonyl (C=O) groups is 1. The molecule has 0 aliphatic carbocycles. The number of benzene rings is 1. The fourth-order valence-corrected chi connectivity index (χ4v) is 1.78. The van der Waals surface area contributed by atoms with E-state index >= 15 is 0 Å². The second kappa shape index (κ2) is 8.93. The predicted molar refractivity (Wildman–Crippen MR) is 81.2 cm³/mol. The summed E-state index contributed by atoms with van der Waals surface area (Å²) >= 11 is 3.30. The monoisotopic (exact) mass is 328 g/mol. The van der Waals surface area contributed by atoms with E-state index in [2.05, 4.69) is 26.1 Å². The van der Waals surface area contributed by atoms with Crippen LogP contribution in [-0.2, 0) is 0 Å². The standard InChI is InChI=1S/C14H21BrN2O2/c1-17(2)10-5-9-16-14(18)12-6-3-4-7-13(12)19-11-8-15/h3-4,6-7H,5,8-11H2,1-2H3,(H,16,18). The van der Waals surface area contributed by atoms with E-state index < -0.39 is 0 Å². The first kappa shape index (κ1) is 16.0. The lowest BCUT2D eigenvalue weighted by molar-refractivity contribution is 0.0948. The Kier molecular flexibility index (Phi) is 7.52. The van der Waals surface area contributed by atoms with Crippen molar-refractivity contribution in [1.82, 2.24) is 10.2 Å². The molecule has 1 aromatic carbocycles. The zero-order valence-electron chi connectivity index (χ0n) is 11.5. The number of para-hydroxylation sites is 1. The number of hydrogen-bond donors (Lipinski definition) is 1. The van der Waals surface area contributed by atoms with Crippen molar-refractivity contribution >= 4 is 21.8 Å². The van der Waals surface area contributed by atoms with Gasteiger partial charge < -0.3 is 15.0 Å². The largest absolute Gasteiger partial charge is 0.492 e. The number of ether oxygens (including phenoxy) is 1. The number of halogens is 1. The number of alkyl halides is 1. The van der Waals surface area contributed by atoms with Gasteiger partial charge in [-0.3, -0.25) is 4.79 Å². The SMILES string of the molecule is CN(C)CCCNC(=O)c1ccccc1OCCBr. The Bertz CT molecular complexity index is 397. The molecule has 19 heavy (non-hydrogen) atoms. The summed E-state index contributed by atoms with van der Waals surface area (Å²) in [7, 11) is 4.04. The highest BCUT2D eigenvalue weighted by Gasteiger charge is 2.11. The smallest absolute Gasteiger partial charge is 0.255 e. The van der Waals surface area contributed by atoms with Crippen LogP contribution in [0.25, 0.3) is 0 Å². The molecule has 0 aliphatic rings. The summed E-state index contributed by atoms with van der Waals surface area (Å²) in [6, 6.07) is 7.31. The van der Waals surface area contributed by atoms with Crippen molar-refractivity contribution in [2.24, 2.45) is 0 Å². The first-order chi connectivity index (χ1) is 9.15. The van der Waals surface area contributed by atoms with E-state index in [4.69, 9.17) is 4.74 Å². The number of hydrogen-bond acceptors (Lipinski definition) is 3. The van der Waals surface area contributed by atoms with E-state index in [0.29, 0.717) is 24.5 Å². The Balaban J connectivity index is 2.51. The zero-order valence-corrected chi connectivity index (χ0v) is 13.1. The van der Waals surface area contributed by atoms with Gasteiger partial charge in [0, 0.05) is 11.9 Å². The van der Waals surface area contributed by atoms with Gasteiger partial charge in [-0.05, 0) is 39.2 Å². The Morgan fingerprint density at radius 2 is 2.11 bits per heavy atom. The molecule has 0 aromatic heterocycles. The van der Waals surface area contributed by atoms with Crippen LogP contribution < -0.4 is 10.1 Å². The lowest BCUT2D eigenvalue weighted by atomic mass is 10.2. The molecular weight excluding hydrogens is 308 g/mol. The van der Waals surface area contributed by atoms with Crippen molar-refractivity contribution in [3.05, 3.63) is 29.8 Å². The fourth-order valence-electron chi connectivity index (χ4n) is 1.62. The number of rotatable bonds is 8. The van der Waals surface area contributed by atoms with Gasteiger partial charge in [0.2, 0.25) is 0 Å². The predicted octanol–water partition coefficient (Wildman–Crippen LogP) is 2.14. The normalized spacial score (nSPS) is 10.5. The first-order valence-electron chi connectivity index (χ1n) is 6.36. The number of carbonyl (C=O) groups excluding carboxylic acids is 1. The Morgan fingerprint density at radius 3 is 2.79 bits per heavy atom. The molecule has 0 atom stereocenters. The van der Waals surface area contributed by atoms with Crippen molar-refractivity contribution in [3.63, 3.8) is 0 Å². The second-order valence-electron chi connectivity index (χ2n) is 4.45. The average molecular weight is 329 g/mol. The van der Waals surface area contributed by atoms with Crippen molar-refractivity contribution in [2.45, 2.75) is 6.42 Å². The Labute approximate surface area is 123 Å². The van der Waals surface area contributed by atoms with E-state index in [9.17, 15) is 4.79 Å². The Hall–Kier alpha value is -1.07. The van der Waals surface area contributed by atoms with Crippen LogP contribution in [0.4, 0.5) is 0 Å². The summed E-state index contributed by atoms with van der Waals surface area (Å²) in [6.07, 6.45) is 0.934. The third kappa shape index (κ3) is 6.07. The maximum absolute atomic E-state index is 12.1. The maximum Gasteiger partial charge on any atom is 0.255 e. The van der Waals surface area contributed by atoms with Gasteiger partial charge >= 0.3 is 0 Å². The van der Waals surface area contributed by atoms with Gasteiger partial charge in [0.1, 0.15) is 5.75 Å². The van der Waals surface area contributed by atoms with Gasteiger partial charge in [-0.1, -0.05) is 28.1 Å². The van der Waals surface area contributed by atoms with Gasteiger partial charge in [-0.25, -0.2) is 0 Å². The van der Waals surface area contributed by atoms with E-state index in [1.807, 2.05) is 32.3 Å². The van der Waals surface area contributed by atoms with Crippen molar-refractivity contribution in [1.29, 1.82) is 0 Å². The molecule has 0 fully saturated rings. The molecule has 0 heterocycles. The highest BCUT2D eigenvalue weighted by atomic mass is 79.9. The molecule has 1 N–H and O–H groups in total. The molecule has 0 radical (unpaired) electrons. The van der Waals surface area contributed by atoms with Crippen LogP contribution in [0.5, 0.6) is 5.75 Å². The lowest BCUT2D eigenvalue weighted by Crippen LogP contribution is -2.27. The molecule has 4 nitrogen and oxygen atoms in total. The minimum Gasteiger partial charge on any atom is -0.492 e. The molecule has 5 heteroatoms. The third-order valence-electron chi connectivity index (χ3n) is 2.53. The minimum absolute atomic E-state index is 0.0797. The van der Waals surface area contributed by atoms with Crippen LogP contribution in [0.1, 0.15) is 16.8 Å². The summed E-state index contributed by atoms with van der Waals surface area (Å²) in [5, 5.41) is 3.66. The third-order valence-corrected chi connectivity index (χ3v) is 2.86. The maximum atomic E-state index is 12.1. The minimum atomic E-state index is -0.0797. The number of nitrogens with one attached hydrogen (secondary N) is 1. The average Bonchev–Trinajstić information content (AvgIpc) is 2.41. The molecule has 1 amide bonds. The summed E-state index contributed by atoms with van der Waals surface area (Å²) in [4.78, 5) is 14.2. The molecule has 0 spiro atoms. The van der Waals surface area contributed by atoms with Crippen LogP contribution in [0.3, 0.4) is 0 Å². The topological polar surface area (TPSA) is 41.6 Å². The first-order valence-corrected chi connectivity index (χ1v) is 7.48. The van der Waals surface area contributed by atoms with E-state index in [1.165, 1.54) is 0 Å². The molecule has 0 saturated heterocycles. The van der Waals surface area contributed by atoms with Crippen molar-refractivity contribution < 1.29 is 9.53 Å². The molecule has 0 saturated carbocycles. The van der Waals surface area contributed by atoms with Gasteiger partial charge in [0.15, 0.2) is 0 Å². The van der Waals surface area contributed by atoms with Crippen LogP contribution in [0.2, 0.25) is 0 Å². The molecule has 1 aromatic rings. The summed E-state index contributed by atoms with van der Waals surface area (Å²) in [6.45, 7) is 2.18. The summed E-state index contributed by atoms with van der Waals surface area (Å²) < 4.78 is 5.54. The highest BCUT2D eigenvalue weighted by molar-refractivity contribution is 9.09. The number of amides is 1. The summed E-state index contributed by atoms with van der Waals surface area (Å²) in [5.74, 6) is 0.552. The molecule has 0 unspecified atom stereocenters. The fraction of sp³-hybridized carbons (Fsp3) is 0.500. The molecular formula is C14H21BrN2O2. The lowest BCUT2D eigenvalue weighted by Gasteiger charge is -2.12. The summed E-state index contributed by atoms with van der Waals surface area (Å²) in [5.41, 5.74) is 0.591. The van der Waals surface area contributed by atoms with Crippen LogP contribution in [-0.4, -0.2) is 49.9 Å². The van der Waals surface area contributed by atoms with E-state index in [-0.39, 0.29) is 5.91 Å². The zero-order chi connectivity index (χ0) is 14.1. The van der Waals surface area contributed by atoms with Crippen LogP contribution >= 0.6 is 15.9 Å². The van der Waals surface area contributed by atoms with E-state index in [1.54, 1.807) is 6.07 Å².